The number of carbonyl (C=O) groups excluding carboxylic acids is 2. The number of sulfonamides is 1. The van der Waals surface area contributed by atoms with Crippen LogP contribution < -0.4 is 4.74 Å². The standard InChI is InChI=1S/C21H23NO6S/c1-27-18-10-8-16(9-11-18)20(23)15-28-21(24)17-6-5-7-19(14-17)29(25,26)22-12-3-2-4-13-22/h5-11,14H,2-4,12-13,15H2,1H3. The molecule has 1 saturated heterocycles. The van der Waals surface area contributed by atoms with Gasteiger partial charge in [-0.15, -0.1) is 0 Å². The Morgan fingerprint density at radius 1 is 0.966 bits per heavy atom. The van der Waals surface area contributed by atoms with Crippen molar-refractivity contribution >= 4 is 21.8 Å². The van der Waals surface area contributed by atoms with E-state index in [1.54, 1.807) is 24.3 Å². The van der Waals surface area contributed by atoms with Crippen LogP contribution in [-0.2, 0) is 14.8 Å². The van der Waals surface area contributed by atoms with E-state index in [1.165, 1.54) is 35.7 Å². The second-order valence-corrected chi connectivity index (χ2v) is 8.66. The molecule has 0 saturated carbocycles. The van der Waals surface area contributed by atoms with Gasteiger partial charge in [0.25, 0.3) is 0 Å². The number of ether oxygens (including phenoxy) is 2. The van der Waals surface area contributed by atoms with E-state index in [4.69, 9.17) is 9.47 Å². The van der Waals surface area contributed by atoms with Crippen LogP contribution in [0.15, 0.2) is 53.4 Å². The molecule has 0 unspecified atom stereocenters. The maximum atomic E-state index is 12.8. The zero-order valence-electron chi connectivity index (χ0n) is 16.2. The number of piperidine rings is 1. The lowest BCUT2D eigenvalue weighted by Crippen LogP contribution is -2.35. The van der Waals surface area contributed by atoms with E-state index in [1.807, 2.05) is 0 Å². The van der Waals surface area contributed by atoms with Gasteiger partial charge in [-0.25, -0.2) is 13.2 Å². The third kappa shape index (κ3) is 5.02. The summed E-state index contributed by atoms with van der Waals surface area (Å²) in [6, 6.07) is 12.2. The van der Waals surface area contributed by atoms with E-state index in [0.29, 0.717) is 24.4 Å². The molecule has 1 aliphatic heterocycles. The summed E-state index contributed by atoms with van der Waals surface area (Å²) in [5, 5.41) is 0. The lowest BCUT2D eigenvalue weighted by Gasteiger charge is -2.25. The normalized spacial score (nSPS) is 14.9. The average Bonchev–Trinajstić information content (AvgIpc) is 2.78. The summed E-state index contributed by atoms with van der Waals surface area (Å²) in [6.45, 7) is 0.523. The summed E-state index contributed by atoms with van der Waals surface area (Å²) in [6.07, 6.45) is 2.67. The van der Waals surface area contributed by atoms with Crippen molar-refractivity contribution in [1.82, 2.24) is 4.31 Å². The van der Waals surface area contributed by atoms with Crippen molar-refractivity contribution < 1.29 is 27.5 Å². The molecule has 0 atom stereocenters. The highest BCUT2D eigenvalue weighted by molar-refractivity contribution is 7.89. The average molecular weight is 417 g/mol. The van der Waals surface area contributed by atoms with Crippen molar-refractivity contribution in [2.24, 2.45) is 0 Å². The first kappa shape index (κ1) is 21.0. The molecular formula is C21H23NO6S. The fourth-order valence-electron chi connectivity index (χ4n) is 3.11. The van der Waals surface area contributed by atoms with Crippen LogP contribution in [0.1, 0.15) is 40.0 Å². The number of benzene rings is 2. The van der Waals surface area contributed by atoms with E-state index in [-0.39, 0.29) is 16.2 Å². The first-order chi connectivity index (χ1) is 13.9. The molecule has 29 heavy (non-hydrogen) atoms. The number of esters is 1. The molecule has 1 aliphatic rings. The Labute approximate surface area is 170 Å². The first-order valence-electron chi connectivity index (χ1n) is 9.36. The Morgan fingerprint density at radius 2 is 1.66 bits per heavy atom. The molecule has 0 aliphatic carbocycles. The van der Waals surface area contributed by atoms with E-state index >= 15 is 0 Å². The molecule has 0 radical (unpaired) electrons. The molecule has 1 heterocycles. The van der Waals surface area contributed by atoms with Crippen molar-refractivity contribution in [1.29, 1.82) is 0 Å². The zero-order valence-corrected chi connectivity index (χ0v) is 17.0. The third-order valence-corrected chi connectivity index (χ3v) is 6.66. The Hall–Kier alpha value is -2.71. The fourth-order valence-corrected chi connectivity index (χ4v) is 4.68. The van der Waals surface area contributed by atoms with Crippen molar-refractivity contribution in [2.75, 3.05) is 26.8 Å². The zero-order chi connectivity index (χ0) is 20.9. The number of nitrogens with zero attached hydrogens (tertiary/aromatic N) is 1. The van der Waals surface area contributed by atoms with Crippen LogP contribution in [-0.4, -0.2) is 51.3 Å². The molecule has 2 aromatic rings. The van der Waals surface area contributed by atoms with Crippen molar-refractivity contribution in [3.8, 4) is 5.75 Å². The molecule has 0 amide bonds. The monoisotopic (exact) mass is 417 g/mol. The maximum absolute atomic E-state index is 12.8. The molecule has 7 nitrogen and oxygen atoms in total. The smallest absolute Gasteiger partial charge is 0.338 e. The lowest BCUT2D eigenvalue weighted by molar-refractivity contribution is 0.0474. The van der Waals surface area contributed by atoms with Gasteiger partial charge in [0.05, 0.1) is 17.6 Å². The molecule has 0 bridgehead atoms. The molecular weight excluding hydrogens is 394 g/mol. The quantitative estimate of drug-likeness (QED) is 0.508. The highest BCUT2D eigenvalue weighted by atomic mass is 32.2. The van der Waals surface area contributed by atoms with Gasteiger partial charge in [-0.3, -0.25) is 4.79 Å². The molecule has 0 N–H and O–H groups in total. The first-order valence-corrected chi connectivity index (χ1v) is 10.8. The predicted molar refractivity (Wildman–Crippen MR) is 107 cm³/mol. The van der Waals surface area contributed by atoms with Crippen molar-refractivity contribution in [3.63, 3.8) is 0 Å². The lowest BCUT2D eigenvalue weighted by atomic mass is 10.1. The summed E-state index contributed by atoms with van der Waals surface area (Å²) in [5.41, 5.74) is 0.477. The van der Waals surface area contributed by atoms with Gasteiger partial charge >= 0.3 is 5.97 Å². The van der Waals surface area contributed by atoms with Crippen LogP contribution >= 0.6 is 0 Å². The van der Waals surface area contributed by atoms with E-state index in [9.17, 15) is 18.0 Å². The molecule has 0 aromatic heterocycles. The Balaban J connectivity index is 1.66. The number of Topliss-reactive ketones (excluding diaryl/α,β-unsaturated/α-hetero) is 1. The molecule has 3 rings (SSSR count). The summed E-state index contributed by atoms with van der Waals surface area (Å²) < 4.78 is 37.1. The summed E-state index contributed by atoms with van der Waals surface area (Å²) in [5.74, 6) is -0.495. The van der Waals surface area contributed by atoms with Crippen LogP contribution in [0.5, 0.6) is 5.75 Å². The minimum Gasteiger partial charge on any atom is -0.497 e. The molecule has 0 spiro atoms. The fraction of sp³-hybridized carbons (Fsp3) is 0.333. The SMILES string of the molecule is COc1ccc(C(=O)COC(=O)c2cccc(S(=O)(=O)N3CCCCC3)c2)cc1. The Morgan fingerprint density at radius 3 is 2.31 bits per heavy atom. The van der Waals surface area contributed by atoms with E-state index in [0.717, 1.165) is 19.3 Å². The van der Waals surface area contributed by atoms with Crippen LogP contribution in [0.2, 0.25) is 0 Å². The number of methoxy groups -OCH3 is 1. The summed E-state index contributed by atoms with van der Waals surface area (Å²) >= 11 is 0. The van der Waals surface area contributed by atoms with Crippen LogP contribution in [0.3, 0.4) is 0 Å². The number of rotatable bonds is 7. The molecule has 1 fully saturated rings. The van der Waals surface area contributed by atoms with Crippen molar-refractivity contribution in [3.05, 3.63) is 59.7 Å². The number of hydrogen-bond acceptors (Lipinski definition) is 6. The van der Waals surface area contributed by atoms with Crippen molar-refractivity contribution in [2.45, 2.75) is 24.2 Å². The Kier molecular flexibility index (Phi) is 6.66. The molecule has 2 aromatic carbocycles. The highest BCUT2D eigenvalue weighted by Gasteiger charge is 2.26. The maximum Gasteiger partial charge on any atom is 0.338 e. The minimum absolute atomic E-state index is 0.0512. The van der Waals surface area contributed by atoms with Crippen LogP contribution in [0.4, 0.5) is 0 Å². The number of ketones is 1. The van der Waals surface area contributed by atoms with Crippen LogP contribution in [0.25, 0.3) is 0 Å². The highest BCUT2D eigenvalue weighted by Crippen LogP contribution is 2.21. The van der Waals surface area contributed by atoms with Gasteiger partial charge in [-0.2, -0.15) is 4.31 Å². The third-order valence-electron chi connectivity index (χ3n) is 4.77. The summed E-state index contributed by atoms with van der Waals surface area (Å²) in [7, 11) is -2.13. The predicted octanol–water partition coefficient (Wildman–Crippen LogP) is 2.91. The van der Waals surface area contributed by atoms with Gasteiger partial charge in [0.2, 0.25) is 10.0 Å². The molecule has 8 heteroatoms. The molecule has 154 valence electrons. The van der Waals surface area contributed by atoms with Gasteiger partial charge in [0.15, 0.2) is 12.4 Å². The minimum atomic E-state index is -3.65. The Bertz CT molecular complexity index is 978. The van der Waals surface area contributed by atoms with Gasteiger partial charge < -0.3 is 9.47 Å². The second-order valence-electron chi connectivity index (χ2n) is 6.72. The topological polar surface area (TPSA) is 90.0 Å². The largest absolute Gasteiger partial charge is 0.497 e. The van der Waals surface area contributed by atoms with Crippen LogP contribution in [0, 0.1) is 0 Å². The summed E-state index contributed by atoms with van der Waals surface area (Å²) in [4.78, 5) is 24.6. The van der Waals surface area contributed by atoms with Gasteiger partial charge in [-0.1, -0.05) is 12.5 Å². The van der Waals surface area contributed by atoms with Gasteiger partial charge in [0.1, 0.15) is 5.75 Å². The van der Waals surface area contributed by atoms with Gasteiger partial charge in [-0.05, 0) is 55.3 Å². The van der Waals surface area contributed by atoms with E-state index in [2.05, 4.69) is 0 Å². The second kappa shape index (κ2) is 9.19. The number of carbonyl (C=O) groups is 2. The van der Waals surface area contributed by atoms with E-state index < -0.39 is 22.6 Å². The van der Waals surface area contributed by atoms with Gasteiger partial charge in [0, 0.05) is 18.7 Å². The number of hydrogen-bond donors (Lipinski definition) is 0.